The number of para-hydroxylation sites is 1. The van der Waals surface area contributed by atoms with Gasteiger partial charge in [-0.15, -0.1) is 0 Å². The number of piperidine rings is 1. The van der Waals surface area contributed by atoms with E-state index in [1.54, 1.807) is 42.5 Å². The normalized spacial score (nSPS) is 17.2. The number of carbonyl (C=O) groups is 1. The molecule has 0 unspecified atom stereocenters. The number of fused-ring (bicyclic) bond motifs is 1. The molecule has 1 saturated carbocycles. The van der Waals surface area contributed by atoms with E-state index in [0.29, 0.717) is 35.5 Å². The molecule has 1 saturated heterocycles. The predicted molar refractivity (Wildman–Crippen MR) is 172 cm³/mol. The maximum absolute atomic E-state index is 16.3. The minimum Gasteiger partial charge on any atom is -0.490 e. The van der Waals surface area contributed by atoms with Crippen molar-refractivity contribution in [2.45, 2.75) is 67.5 Å². The second-order valence-electron chi connectivity index (χ2n) is 12.0. The molecule has 1 aliphatic carbocycles. The summed E-state index contributed by atoms with van der Waals surface area (Å²) in [5.41, 5.74) is 5.44. The Hall–Kier alpha value is -4.06. The number of hydrogen-bond acceptors (Lipinski definition) is 6. The number of carbonyl (C=O) groups excluding carboxylic acids is 1. The monoisotopic (exact) mass is 649 g/mol. The van der Waals surface area contributed by atoms with Gasteiger partial charge in [0.1, 0.15) is 17.2 Å². The number of rotatable bonds is 10. The van der Waals surface area contributed by atoms with Gasteiger partial charge < -0.3 is 20.1 Å². The lowest BCUT2D eigenvalue weighted by Gasteiger charge is -2.35. The average Bonchev–Trinajstić information content (AvgIpc) is 3.57. The fraction of sp³-hybridized carbons (Fsp3) is 0.343. The van der Waals surface area contributed by atoms with Crippen molar-refractivity contribution in [3.8, 4) is 17.2 Å². The fourth-order valence-corrected chi connectivity index (χ4v) is 7.21. The highest BCUT2D eigenvalue weighted by Crippen LogP contribution is 2.36. The van der Waals surface area contributed by atoms with Crippen molar-refractivity contribution < 1.29 is 31.5 Å². The number of nitrogens with zero attached hydrogens (tertiary/aromatic N) is 1. The maximum Gasteiger partial charge on any atom is 0.298 e. The maximum atomic E-state index is 16.3. The number of nitrogens with one attached hydrogen (secondary N) is 1. The minimum absolute atomic E-state index is 0.152. The molecule has 0 bridgehead atoms. The number of hydrogen-bond donors (Lipinski definition) is 2. The molecule has 1 heterocycles. The number of halogens is 2. The van der Waals surface area contributed by atoms with E-state index in [2.05, 4.69) is 4.72 Å². The van der Waals surface area contributed by atoms with Crippen molar-refractivity contribution in [3.63, 3.8) is 0 Å². The summed E-state index contributed by atoms with van der Waals surface area (Å²) >= 11 is 0. The van der Waals surface area contributed by atoms with E-state index < -0.39 is 33.5 Å². The van der Waals surface area contributed by atoms with Gasteiger partial charge in [0.25, 0.3) is 5.92 Å². The second kappa shape index (κ2) is 13.4. The molecular weight excluding hydrogens is 612 g/mol. The average molecular weight is 650 g/mol. The van der Waals surface area contributed by atoms with Crippen LogP contribution in [0.2, 0.25) is 0 Å². The molecule has 242 valence electrons. The van der Waals surface area contributed by atoms with Crippen LogP contribution in [0.15, 0.2) is 95.9 Å². The van der Waals surface area contributed by atoms with Crippen LogP contribution in [0, 0.1) is 0 Å². The van der Waals surface area contributed by atoms with Gasteiger partial charge in [-0.3, -0.25) is 4.79 Å². The minimum atomic E-state index is -4.57. The zero-order valence-corrected chi connectivity index (χ0v) is 26.1. The van der Waals surface area contributed by atoms with Crippen molar-refractivity contribution >= 4 is 26.7 Å². The first-order valence-electron chi connectivity index (χ1n) is 15.6. The molecule has 11 heteroatoms. The number of amides is 1. The van der Waals surface area contributed by atoms with Crippen molar-refractivity contribution in [1.29, 1.82) is 0 Å². The third kappa shape index (κ3) is 7.16. The summed E-state index contributed by atoms with van der Waals surface area (Å²) in [6.45, 7) is 0.304. The van der Waals surface area contributed by atoms with E-state index in [0.717, 1.165) is 43.2 Å². The first-order chi connectivity index (χ1) is 22.1. The van der Waals surface area contributed by atoms with E-state index in [9.17, 15) is 13.2 Å². The number of nitrogens with two attached hydrogens (primary N) is 1. The molecular formula is C35H37F2N3O5S. The lowest BCUT2D eigenvalue weighted by Crippen LogP contribution is -2.57. The van der Waals surface area contributed by atoms with Crippen LogP contribution in [-0.2, 0) is 20.7 Å². The summed E-state index contributed by atoms with van der Waals surface area (Å²) in [5, 5.41) is 1.34. The van der Waals surface area contributed by atoms with E-state index in [4.69, 9.17) is 15.2 Å². The van der Waals surface area contributed by atoms with E-state index in [1.807, 2.05) is 12.1 Å². The summed E-state index contributed by atoms with van der Waals surface area (Å²) < 4.78 is 73.9. The lowest BCUT2D eigenvalue weighted by molar-refractivity contribution is -0.145. The standard InChI is InChI=1S/C35H37F2N3O5S/c36-35(37,26-12-15-30(16-13-26)44-28-6-2-1-3-7-28)33(34(41)40-20-18-27(38)19-21-40)39-46(42,43)32-17-11-24-22-31(14-10-25(24)23-32)45-29-8-4-5-9-29/h1-3,6-7,10-17,22-23,27,29,33,39H,4-5,8-9,18-21,38H2/t33-/m0/s1. The number of ether oxygens (including phenoxy) is 2. The van der Waals surface area contributed by atoms with Gasteiger partial charge in [-0.1, -0.05) is 30.3 Å². The molecule has 1 atom stereocenters. The summed E-state index contributed by atoms with van der Waals surface area (Å²) in [6, 6.07) is 21.0. The summed E-state index contributed by atoms with van der Waals surface area (Å²) in [4.78, 5) is 14.7. The Labute approximate surface area is 267 Å². The van der Waals surface area contributed by atoms with Gasteiger partial charge in [0.2, 0.25) is 15.9 Å². The first kappa shape index (κ1) is 31.9. The Morgan fingerprint density at radius 1 is 0.826 bits per heavy atom. The molecule has 0 spiro atoms. The first-order valence-corrected chi connectivity index (χ1v) is 17.1. The summed E-state index contributed by atoms with van der Waals surface area (Å²) in [6.07, 6.45) is 5.30. The molecule has 4 aromatic carbocycles. The van der Waals surface area contributed by atoms with Gasteiger partial charge in [0.15, 0.2) is 6.04 Å². The number of alkyl halides is 2. The highest BCUT2D eigenvalue weighted by atomic mass is 32.2. The molecule has 6 rings (SSSR count). The largest absolute Gasteiger partial charge is 0.490 e. The molecule has 1 aliphatic heterocycles. The fourth-order valence-electron chi connectivity index (χ4n) is 5.98. The molecule has 46 heavy (non-hydrogen) atoms. The zero-order chi connectivity index (χ0) is 32.3. The summed E-state index contributed by atoms with van der Waals surface area (Å²) in [7, 11) is -4.57. The summed E-state index contributed by atoms with van der Waals surface area (Å²) in [5.74, 6) is -3.39. The predicted octanol–water partition coefficient (Wildman–Crippen LogP) is 6.34. The molecule has 1 amide bonds. The molecule has 2 aliphatic rings. The number of sulfonamides is 1. The van der Waals surface area contributed by atoms with Crippen molar-refractivity contribution in [1.82, 2.24) is 9.62 Å². The smallest absolute Gasteiger partial charge is 0.298 e. The van der Waals surface area contributed by atoms with Gasteiger partial charge >= 0.3 is 0 Å². The van der Waals surface area contributed by atoms with Gasteiger partial charge in [0, 0.05) is 24.7 Å². The number of benzene rings is 4. The van der Waals surface area contributed by atoms with Crippen LogP contribution in [-0.4, -0.2) is 50.5 Å². The van der Waals surface area contributed by atoms with Crippen LogP contribution < -0.4 is 19.9 Å². The Balaban J connectivity index is 1.27. The van der Waals surface area contributed by atoms with Gasteiger partial charge in [-0.25, -0.2) is 8.42 Å². The van der Waals surface area contributed by atoms with Gasteiger partial charge in [0.05, 0.1) is 11.0 Å². The third-order valence-corrected chi connectivity index (χ3v) is 10.1. The van der Waals surface area contributed by atoms with Crippen LogP contribution >= 0.6 is 0 Å². The van der Waals surface area contributed by atoms with Crippen LogP contribution in [0.25, 0.3) is 10.8 Å². The van der Waals surface area contributed by atoms with Gasteiger partial charge in [-0.05, 0) is 110 Å². The SMILES string of the molecule is NC1CCN(C(=O)[C@H](NS(=O)(=O)c2ccc3cc(OC4CCCC4)ccc3c2)C(F)(F)c2ccc(Oc3ccccc3)cc2)CC1. The number of likely N-dealkylation sites (tertiary alicyclic amines) is 1. The molecule has 3 N–H and O–H groups in total. The highest BCUT2D eigenvalue weighted by Gasteiger charge is 2.50. The Morgan fingerprint density at radius 2 is 1.43 bits per heavy atom. The highest BCUT2D eigenvalue weighted by molar-refractivity contribution is 7.89. The van der Waals surface area contributed by atoms with E-state index >= 15 is 8.78 Å². The van der Waals surface area contributed by atoms with Gasteiger partial charge in [-0.2, -0.15) is 13.5 Å². The van der Waals surface area contributed by atoms with Crippen LogP contribution in [0.1, 0.15) is 44.1 Å². The molecule has 0 radical (unpaired) electrons. The molecule has 4 aromatic rings. The van der Waals surface area contributed by atoms with Crippen LogP contribution in [0.4, 0.5) is 8.78 Å². The van der Waals surface area contributed by atoms with Crippen molar-refractivity contribution in [2.24, 2.45) is 5.73 Å². The zero-order valence-electron chi connectivity index (χ0n) is 25.3. The van der Waals surface area contributed by atoms with Crippen molar-refractivity contribution in [3.05, 3.63) is 96.6 Å². The molecule has 2 fully saturated rings. The Bertz CT molecular complexity index is 1770. The second-order valence-corrected chi connectivity index (χ2v) is 13.7. The lowest BCUT2D eigenvalue weighted by atomic mass is 9.98. The Morgan fingerprint density at radius 3 is 2.13 bits per heavy atom. The van der Waals surface area contributed by atoms with Crippen LogP contribution in [0.5, 0.6) is 17.2 Å². The van der Waals surface area contributed by atoms with Crippen molar-refractivity contribution in [2.75, 3.05) is 13.1 Å². The quantitative estimate of drug-likeness (QED) is 0.207. The van der Waals surface area contributed by atoms with E-state index in [-0.39, 0.29) is 30.1 Å². The molecule has 8 nitrogen and oxygen atoms in total. The molecule has 0 aromatic heterocycles. The topological polar surface area (TPSA) is 111 Å². The van der Waals surface area contributed by atoms with Crippen LogP contribution in [0.3, 0.4) is 0 Å². The third-order valence-electron chi connectivity index (χ3n) is 8.65. The Kier molecular flexibility index (Phi) is 9.26. The van der Waals surface area contributed by atoms with E-state index in [1.165, 1.54) is 29.2 Å².